The molecule has 0 aliphatic heterocycles. The number of carbonyl (C=O) groups excluding carboxylic acids is 1. The van der Waals surface area contributed by atoms with Crippen LogP contribution in [0, 0.1) is 0 Å². The number of rotatable bonds is 4. The summed E-state index contributed by atoms with van der Waals surface area (Å²) in [6.07, 6.45) is 0. The van der Waals surface area contributed by atoms with Gasteiger partial charge in [0.15, 0.2) is 0 Å². The molecule has 0 atom stereocenters. The topological polar surface area (TPSA) is 77.9 Å². The lowest BCUT2D eigenvalue weighted by Crippen LogP contribution is -2.24. The number of nitrogens with one attached hydrogen (secondary N) is 1. The minimum atomic E-state index is -0.312. The van der Waals surface area contributed by atoms with Crippen LogP contribution in [0.4, 0.5) is 0 Å². The number of hydrogen-bond acceptors (Lipinski definition) is 2. The molecule has 15 heavy (non-hydrogen) atoms. The Bertz CT molecular complexity index is 401. The third-order valence-electron chi connectivity index (χ3n) is 1.66. The number of nitrogens with zero attached hydrogens (tertiary/aromatic N) is 3. The predicted octanol–water partition coefficient (Wildman–Crippen LogP) is 2.27. The fourth-order valence-electron chi connectivity index (χ4n) is 0.999. The van der Waals surface area contributed by atoms with Gasteiger partial charge in [-0.1, -0.05) is 28.8 Å². The highest BCUT2D eigenvalue weighted by atomic mass is 35.5. The van der Waals surface area contributed by atoms with Gasteiger partial charge in [0, 0.05) is 16.5 Å². The first-order chi connectivity index (χ1) is 7.22. The second kappa shape index (κ2) is 5.90. The predicted molar refractivity (Wildman–Crippen MR) is 57.3 cm³/mol. The quantitative estimate of drug-likeness (QED) is 0.475. The van der Waals surface area contributed by atoms with Gasteiger partial charge >= 0.3 is 0 Å². The van der Waals surface area contributed by atoms with Crippen LogP contribution in [0.5, 0.6) is 0 Å². The summed E-state index contributed by atoms with van der Waals surface area (Å²) in [6, 6.07) is 7.17. The fourth-order valence-corrected chi connectivity index (χ4v) is 1.21. The highest BCUT2D eigenvalue weighted by Gasteiger charge is 1.99. The van der Waals surface area contributed by atoms with Crippen LogP contribution in [0.1, 0.15) is 5.56 Å². The highest BCUT2D eigenvalue weighted by molar-refractivity contribution is 6.30. The Hall–Kier alpha value is -1.71. The molecule has 0 aromatic heterocycles. The van der Waals surface area contributed by atoms with Gasteiger partial charge in [0.2, 0.25) is 5.91 Å². The third-order valence-corrected chi connectivity index (χ3v) is 1.89. The van der Waals surface area contributed by atoms with Gasteiger partial charge in [0.25, 0.3) is 0 Å². The molecule has 1 aromatic rings. The first kappa shape index (κ1) is 11.4. The van der Waals surface area contributed by atoms with Crippen molar-refractivity contribution in [2.24, 2.45) is 5.11 Å². The van der Waals surface area contributed by atoms with E-state index in [9.17, 15) is 4.79 Å². The number of carbonyl (C=O) groups is 1. The molecule has 0 saturated heterocycles. The largest absolute Gasteiger partial charge is 0.352 e. The molecule has 0 heterocycles. The second-order valence-electron chi connectivity index (χ2n) is 2.80. The van der Waals surface area contributed by atoms with Gasteiger partial charge in [0.05, 0.1) is 0 Å². The molecule has 0 bridgehead atoms. The third kappa shape index (κ3) is 4.35. The second-order valence-corrected chi connectivity index (χ2v) is 3.23. The monoisotopic (exact) mass is 224 g/mol. The molecule has 0 aliphatic rings. The van der Waals surface area contributed by atoms with Gasteiger partial charge in [-0.25, -0.2) is 0 Å². The zero-order chi connectivity index (χ0) is 11.1. The van der Waals surface area contributed by atoms with E-state index < -0.39 is 0 Å². The van der Waals surface area contributed by atoms with Crippen molar-refractivity contribution in [3.63, 3.8) is 0 Å². The maximum absolute atomic E-state index is 11.1. The Morgan fingerprint density at radius 3 is 3.07 bits per heavy atom. The van der Waals surface area contributed by atoms with Crippen molar-refractivity contribution in [3.05, 3.63) is 45.3 Å². The zero-order valence-electron chi connectivity index (χ0n) is 7.85. The van der Waals surface area contributed by atoms with E-state index in [0.29, 0.717) is 11.6 Å². The molecule has 1 N–H and O–H groups in total. The smallest absolute Gasteiger partial charge is 0.226 e. The average molecular weight is 225 g/mol. The number of azide groups is 1. The van der Waals surface area contributed by atoms with Gasteiger partial charge in [0.1, 0.15) is 6.54 Å². The van der Waals surface area contributed by atoms with E-state index in [2.05, 4.69) is 15.3 Å². The molecular weight excluding hydrogens is 216 g/mol. The van der Waals surface area contributed by atoms with E-state index in [-0.39, 0.29) is 12.5 Å². The van der Waals surface area contributed by atoms with E-state index in [1.165, 1.54) is 0 Å². The molecule has 0 unspecified atom stereocenters. The Kier molecular flexibility index (Phi) is 4.47. The van der Waals surface area contributed by atoms with Crippen molar-refractivity contribution >= 4 is 17.5 Å². The van der Waals surface area contributed by atoms with Crippen LogP contribution in [-0.4, -0.2) is 12.5 Å². The molecular formula is C9H9ClN4O. The standard InChI is InChI=1S/C9H9ClN4O/c10-8-3-1-2-7(4-8)5-12-9(15)6-13-14-11/h1-4H,5-6H2,(H,12,15). The van der Waals surface area contributed by atoms with Crippen molar-refractivity contribution in [1.29, 1.82) is 0 Å². The first-order valence-electron chi connectivity index (χ1n) is 4.24. The van der Waals surface area contributed by atoms with Gasteiger partial charge < -0.3 is 5.32 Å². The number of benzene rings is 1. The lowest BCUT2D eigenvalue weighted by atomic mass is 10.2. The first-order valence-corrected chi connectivity index (χ1v) is 4.62. The number of hydrogen-bond donors (Lipinski definition) is 1. The minimum absolute atomic E-state index is 0.183. The Balaban J connectivity index is 2.43. The normalized spacial score (nSPS) is 9.13. The molecule has 0 fully saturated rings. The van der Waals surface area contributed by atoms with Crippen LogP contribution in [-0.2, 0) is 11.3 Å². The molecule has 0 radical (unpaired) electrons. The molecule has 0 aliphatic carbocycles. The Labute approximate surface area is 91.7 Å². The molecule has 5 nitrogen and oxygen atoms in total. The van der Waals surface area contributed by atoms with Gasteiger partial charge in [-0.2, -0.15) is 0 Å². The van der Waals surface area contributed by atoms with Crippen molar-refractivity contribution in [2.75, 3.05) is 6.54 Å². The summed E-state index contributed by atoms with van der Waals surface area (Å²) < 4.78 is 0. The SMILES string of the molecule is [N-]=[N+]=NCC(=O)NCc1cccc(Cl)c1. The van der Waals surface area contributed by atoms with Crippen LogP contribution in [0.2, 0.25) is 5.02 Å². The maximum Gasteiger partial charge on any atom is 0.226 e. The molecule has 0 spiro atoms. The van der Waals surface area contributed by atoms with Crippen molar-refractivity contribution < 1.29 is 4.79 Å². The summed E-state index contributed by atoms with van der Waals surface area (Å²) >= 11 is 5.76. The number of halogens is 1. The summed E-state index contributed by atoms with van der Waals surface area (Å²) in [5.74, 6) is -0.312. The van der Waals surface area contributed by atoms with Crippen molar-refractivity contribution in [1.82, 2.24) is 5.32 Å². The molecule has 1 amide bonds. The number of amides is 1. The summed E-state index contributed by atoms with van der Waals surface area (Å²) in [7, 11) is 0. The van der Waals surface area contributed by atoms with E-state index in [4.69, 9.17) is 17.1 Å². The van der Waals surface area contributed by atoms with E-state index >= 15 is 0 Å². The van der Waals surface area contributed by atoms with Crippen LogP contribution in [0.15, 0.2) is 29.4 Å². The summed E-state index contributed by atoms with van der Waals surface area (Å²) in [6.45, 7) is 0.192. The lowest BCUT2D eigenvalue weighted by molar-refractivity contribution is -0.119. The summed E-state index contributed by atoms with van der Waals surface area (Å²) in [5, 5.41) is 6.36. The fraction of sp³-hybridized carbons (Fsp3) is 0.222. The maximum atomic E-state index is 11.1. The average Bonchev–Trinajstić information content (AvgIpc) is 2.23. The highest BCUT2D eigenvalue weighted by Crippen LogP contribution is 2.09. The van der Waals surface area contributed by atoms with E-state index in [0.717, 1.165) is 5.56 Å². The molecule has 1 aromatic carbocycles. The Morgan fingerprint density at radius 2 is 2.40 bits per heavy atom. The molecule has 1 rings (SSSR count). The molecule has 6 heteroatoms. The van der Waals surface area contributed by atoms with Gasteiger partial charge in [-0.3, -0.25) is 4.79 Å². The Morgan fingerprint density at radius 1 is 1.60 bits per heavy atom. The van der Waals surface area contributed by atoms with Crippen molar-refractivity contribution in [2.45, 2.75) is 6.54 Å². The summed E-state index contributed by atoms with van der Waals surface area (Å²) in [4.78, 5) is 13.5. The molecule has 0 saturated carbocycles. The zero-order valence-corrected chi connectivity index (χ0v) is 8.61. The lowest BCUT2D eigenvalue weighted by Gasteiger charge is -2.03. The van der Waals surface area contributed by atoms with Gasteiger partial charge in [-0.05, 0) is 23.2 Å². The van der Waals surface area contributed by atoms with Crippen LogP contribution in [0.3, 0.4) is 0 Å². The van der Waals surface area contributed by atoms with Crippen LogP contribution in [0.25, 0.3) is 10.4 Å². The van der Waals surface area contributed by atoms with Crippen LogP contribution >= 0.6 is 11.6 Å². The van der Waals surface area contributed by atoms with E-state index in [1.54, 1.807) is 18.2 Å². The molecule has 78 valence electrons. The van der Waals surface area contributed by atoms with Crippen LogP contribution < -0.4 is 5.32 Å². The van der Waals surface area contributed by atoms with Gasteiger partial charge in [-0.15, -0.1) is 0 Å². The summed E-state index contributed by atoms with van der Waals surface area (Å²) in [5.41, 5.74) is 8.90. The van der Waals surface area contributed by atoms with Crippen molar-refractivity contribution in [3.8, 4) is 0 Å². The van der Waals surface area contributed by atoms with E-state index in [1.807, 2.05) is 6.07 Å². The minimum Gasteiger partial charge on any atom is -0.352 e.